The fraction of sp³-hybridized carbons (Fsp3) is 1.00. The number of nitrogens with zero attached hydrogens (tertiary/aromatic N) is 1. The van der Waals surface area contributed by atoms with Crippen molar-refractivity contribution in [3.63, 3.8) is 0 Å². The van der Waals surface area contributed by atoms with Crippen molar-refractivity contribution < 1.29 is 74.4 Å². The van der Waals surface area contributed by atoms with Crippen molar-refractivity contribution in [2.24, 2.45) is 0 Å². The second-order valence-corrected chi connectivity index (χ2v) is 9.84. The van der Waals surface area contributed by atoms with E-state index >= 15 is 0 Å². The number of hydrogen-bond acceptors (Lipinski definition) is 16. The Bertz CT molecular complexity index is 581. The van der Waals surface area contributed by atoms with Gasteiger partial charge in [0.05, 0.1) is 97.6 Å². The normalized spacial score (nSPS) is 17.9. The molecule has 0 aliphatic rings. The molecule has 0 amide bonds. The molecule has 16 heteroatoms. The van der Waals surface area contributed by atoms with E-state index in [0.29, 0.717) is 59.5 Å². The summed E-state index contributed by atoms with van der Waals surface area (Å²) in [5, 5.41) is 89.4. The van der Waals surface area contributed by atoms with Crippen molar-refractivity contribution in [2.75, 3.05) is 106 Å². The van der Waals surface area contributed by atoms with Gasteiger partial charge in [-0.15, -0.1) is 0 Å². The van der Waals surface area contributed by atoms with Crippen LogP contribution < -0.4 is 0 Å². The third-order valence-electron chi connectivity index (χ3n) is 6.39. The number of aliphatic hydroxyl groups excluding tert-OH is 9. The fourth-order valence-electron chi connectivity index (χ4n) is 3.70. The van der Waals surface area contributed by atoms with Crippen LogP contribution >= 0.6 is 0 Å². The molecule has 0 aromatic carbocycles. The molecule has 0 bridgehead atoms. The maximum Gasteiger partial charge on any atom is 0.111 e. The maximum absolute atomic E-state index is 10.4. The predicted molar refractivity (Wildman–Crippen MR) is 152 cm³/mol. The Morgan fingerprint density at radius 3 is 1.12 bits per heavy atom. The molecule has 0 aliphatic carbocycles. The first-order chi connectivity index (χ1) is 20.6. The van der Waals surface area contributed by atoms with Crippen LogP contribution in [0.3, 0.4) is 0 Å². The molecule has 43 heavy (non-hydrogen) atoms. The van der Waals surface area contributed by atoms with E-state index in [4.69, 9.17) is 33.5 Å². The van der Waals surface area contributed by atoms with E-state index < -0.39 is 55.4 Å². The first-order valence-electron chi connectivity index (χ1n) is 14.8. The zero-order chi connectivity index (χ0) is 32.5. The molecular weight excluding hydrogens is 578 g/mol. The van der Waals surface area contributed by atoms with Crippen LogP contribution in [0.15, 0.2) is 0 Å². The summed E-state index contributed by atoms with van der Waals surface area (Å²) in [6, 6.07) is 0. The Morgan fingerprint density at radius 2 is 0.767 bits per heavy atom. The Kier molecular flexibility index (Phi) is 27.2. The third-order valence-corrected chi connectivity index (χ3v) is 6.39. The van der Waals surface area contributed by atoms with E-state index in [1.807, 2.05) is 6.92 Å². The summed E-state index contributed by atoms with van der Waals surface area (Å²) in [6.07, 6.45) is -12.9. The lowest BCUT2D eigenvalue weighted by Crippen LogP contribution is -2.53. The largest absolute Gasteiger partial charge is 0.394 e. The smallest absolute Gasteiger partial charge is 0.111 e. The van der Waals surface area contributed by atoms with E-state index in [-0.39, 0.29) is 45.9 Å². The first-order valence-corrected chi connectivity index (χ1v) is 14.8. The van der Waals surface area contributed by atoms with Crippen molar-refractivity contribution >= 4 is 0 Å². The van der Waals surface area contributed by atoms with Crippen LogP contribution in [-0.4, -0.2) is 205 Å². The standard InChI is InChI=1S/C27H57NO15/c1-3-20(30)24(34)25(35)21(31)17-28(18-22(32)26(36)27(37)23(33)19-29)5-6-39-9-10-41-13-14-43-16-15-42-12-11-40-8-7-38-4-2/h20-27,29-37H,3-19H2,1-2H3/t20-,21+,22+,23-,24-,25-,26-,27-/m1/s1. The van der Waals surface area contributed by atoms with Gasteiger partial charge in [-0.2, -0.15) is 0 Å². The third kappa shape index (κ3) is 20.9. The fourth-order valence-corrected chi connectivity index (χ4v) is 3.70. The van der Waals surface area contributed by atoms with Gasteiger partial charge in [0.2, 0.25) is 0 Å². The van der Waals surface area contributed by atoms with Crippen LogP contribution in [0.5, 0.6) is 0 Å². The van der Waals surface area contributed by atoms with Gasteiger partial charge in [-0.3, -0.25) is 4.90 Å². The van der Waals surface area contributed by atoms with E-state index in [1.165, 1.54) is 4.90 Å². The monoisotopic (exact) mass is 635 g/mol. The van der Waals surface area contributed by atoms with Crippen LogP contribution in [0, 0.1) is 0 Å². The second kappa shape index (κ2) is 27.7. The van der Waals surface area contributed by atoms with E-state index in [9.17, 15) is 40.9 Å². The molecule has 0 heterocycles. The molecule has 0 saturated heterocycles. The molecule has 0 unspecified atom stereocenters. The lowest BCUT2D eigenvalue weighted by atomic mass is 10.00. The first kappa shape index (κ1) is 42.4. The number of ether oxygens (including phenoxy) is 6. The summed E-state index contributed by atoms with van der Waals surface area (Å²) < 4.78 is 32.3. The molecule has 0 spiro atoms. The summed E-state index contributed by atoms with van der Waals surface area (Å²) in [5.41, 5.74) is 0. The van der Waals surface area contributed by atoms with Crippen molar-refractivity contribution in [3.05, 3.63) is 0 Å². The van der Waals surface area contributed by atoms with Gasteiger partial charge in [-0.25, -0.2) is 0 Å². The highest BCUT2D eigenvalue weighted by Crippen LogP contribution is 2.11. The van der Waals surface area contributed by atoms with Crippen LogP contribution in [0.25, 0.3) is 0 Å². The van der Waals surface area contributed by atoms with Gasteiger partial charge in [-0.1, -0.05) is 6.92 Å². The van der Waals surface area contributed by atoms with E-state index in [1.54, 1.807) is 6.92 Å². The summed E-state index contributed by atoms with van der Waals surface area (Å²) in [4.78, 5) is 1.41. The van der Waals surface area contributed by atoms with Gasteiger partial charge >= 0.3 is 0 Å². The molecule has 0 rings (SSSR count). The average molecular weight is 636 g/mol. The summed E-state index contributed by atoms with van der Waals surface area (Å²) in [6.45, 7) is 7.05. The zero-order valence-corrected chi connectivity index (χ0v) is 25.6. The summed E-state index contributed by atoms with van der Waals surface area (Å²) in [7, 11) is 0. The lowest BCUT2D eigenvalue weighted by Gasteiger charge is -2.33. The van der Waals surface area contributed by atoms with Crippen molar-refractivity contribution in [3.8, 4) is 0 Å². The predicted octanol–water partition coefficient (Wildman–Crippen LogP) is -4.30. The minimum absolute atomic E-state index is 0.0965. The molecule has 0 radical (unpaired) electrons. The molecule has 0 fully saturated rings. The quantitative estimate of drug-likeness (QED) is 0.0327. The second-order valence-electron chi connectivity index (χ2n) is 9.84. The number of rotatable bonds is 31. The number of hydrogen-bond donors (Lipinski definition) is 9. The minimum atomic E-state index is -1.83. The van der Waals surface area contributed by atoms with Gasteiger partial charge in [0.15, 0.2) is 0 Å². The van der Waals surface area contributed by atoms with Crippen molar-refractivity contribution in [1.29, 1.82) is 0 Å². The molecule has 8 atom stereocenters. The highest BCUT2D eigenvalue weighted by atomic mass is 16.6. The van der Waals surface area contributed by atoms with Gasteiger partial charge in [-0.05, 0) is 13.3 Å². The van der Waals surface area contributed by atoms with Gasteiger partial charge in [0, 0.05) is 26.2 Å². The topological polar surface area (TPSA) is 241 Å². The molecular formula is C27H57NO15. The minimum Gasteiger partial charge on any atom is -0.394 e. The molecule has 0 aromatic rings. The van der Waals surface area contributed by atoms with Gasteiger partial charge in [0.25, 0.3) is 0 Å². The van der Waals surface area contributed by atoms with E-state index in [2.05, 4.69) is 0 Å². The van der Waals surface area contributed by atoms with E-state index in [0.717, 1.165) is 0 Å². The molecule has 0 saturated carbocycles. The number of aliphatic hydroxyl groups is 9. The summed E-state index contributed by atoms with van der Waals surface area (Å²) >= 11 is 0. The Hall–Kier alpha value is -0.640. The van der Waals surface area contributed by atoms with Crippen LogP contribution in [0.4, 0.5) is 0 Å². The Labute approximate surface area is 254 Å². The molecule has 16 nitrogen and oxygen atoms in total. The Morgan fingerprint density at radius 1 is 0.442 bits per heavy atom. The van der Waals surface area contributed by atoms with Crippen LogP contribution in [-0.2, 0) is 28.4 Å². The Balaban J connectivity index is 4.34. The lowest BCUT2D eigenvalue weighted by molar-refractivity contribution is -0.128. The SMILES string of the molecule is CCOCCOCCOCCOCCOCCOCCN(C[C@H](O)[C@@H](O)[C@H](O)[C@H](O)CC)C[C@H](O)[C@@H](O)[C@H](O)[C@H](O)CO. The maximum atomic E-state index is 10.4. The van der Waals surface area contributed by atoms with Crippen molar-refractivity contribution in [1.82, 2.24) is 4.90 Å². The molecule has 0 aliphatic heterocycles. The summed E-state index contributed by atoms with van der Waals surface area (Å²) in [5.74, 6) is 0. The van der Waals surface area contributed by atoms with Gasteiger partial charge < -0.3 is 74.4 Å². The van der Waals surface area contributed by atoms with Crippen molar-refractivity contribution in [2.45, 2.75) is 69.1 Å². The average Bonchev–Trinajstić information content (AvgIpc) is 3.01. The highest BCUT2D eigenvalue weighted by molar-refractivity contribution is 4.86. The van der Waals surface area contributed by atoms with Crippen LogP contribution in [0.2, 0.25) is 0 Å². The molecule has 9 N–H and O–H groups in total. The van der Waals surface area contributed by atoms with Crippen LogP contribution in [0.1, 0.15) is 20.3 Å². The highest BCUT2D eigenvalue weighted by Gasteiger charge is 2.34. The van der Waals surface area contributed by atoms with Gasteiger partial charge in [0.1, 0.15) is 30.5 Å². The molecule has 0 aromatic heterocycles. The molecule has 260 valence electrons. The zero-order valence-electron chi connectivity index (χ0n) is 25.6.